The summed E-state index contributed by atoms with van der Waals surface area (Å²) in [5, 5.41) is 2.72. The molecule has 0 bridgehead atoms. The molecule has 1 N–H and O–H groups in total. The Morgan fingerprint density at radius 2 is 1.78 bits per heavy atom. The molecule has 0 saturated carbocycles. The first kappa shape index (κ1) is 17.3. The summed E-state index contributed by atoms with van der Waals surface area (Å²) >= 11 is 0.424. The molecule has 0 saturated heterocycles. The van der Waals surface area contributed by atoms with Gasteiger partial charge in [-0.3, -0.25) is 0 Å². The minimum Gasteiger partial charge on any atom is -0.320 e. The monoisotopic (exact) mass is 336 g/mol. The predicted molar refractivity (Wildman–Crippen MR) is 89.8 cm³/mol. The third-order valence-corrected chi connectivity index (χ3v) is 4.02. The molecule has 0 aromatic heterocycles. The van der Waals surface area contributed by atoms with Gasteiger partial charge in [-0.25, -0.2) is 4.79 Å². The number of thioether (sulfide) groups is 1. The Morgan fingerprint density at radius 3 is 2.43 bits per heavy atom. The topological polar surface area (TPSA) is 32.3 Å². The zero-order valence-electron chi connectivity index (χ0n) is 12.7. The molecule has 0 unspecified atom stereocenters. The highest BCUT2D eigenvalue weighted by Gasteiger charge is 2.15. The van der Waals surface area contributed by atoms with E-state index in [2.05, 4.69) is 5.32 Å². The Morgan fingerprint density at radius 1 is 1.13 bits per heavy atom. The Balaban J connectivity index is 2.08. The van der Waals surface area contributed by atoms with E-state index in [1.807, 2.05) is 37.3 Å². The van der Waals surface area contributed by atoms with E-state index in [1.165, 1.54) is 0 Å². The lowest BCUT2D eigenvalue weighted by atomic mass is 10.2. The number of anilines is 1. The van der Waals surface area contributed by atoms with Gasteiger partial charge in [0.15, 0.2) is 0 Å². The van der Waals surface area contributed by atoms with Crippen LogP contribution in [0.25, 0.3) is 0 Å². The first-order valence-electron chi connectivity index (χ1n) is 7.24. The number of alkyl halides is 2. The lowest BCUT2D eigenvalue weighted by molar-refractivity contribution is 0.212. The van der Waals surface area contributed by atoms with E-state index < -0.39 is 5.76 Å². The fourth-order valence-corrected chi connectivity index (χ4v) is 2.69. The van der Waals surface area contributed by atoms with Crippen LogP contribution in [0.15, 0.2) is 59.5 Å². The molecular formula is C17H18F2N2OS. The van der Waals surface area contributed by atoms with E-state index in [0.717, 1.165) is 5.56 Å². The van der Waals surface area contributed by atoms with Gasteiger partial charge in [0.05, 0.1) is 5.69 Å². The molecule has 0 heterocycles. The molecule has 0 fully saturated rings. The van der Waals surface area contributed by atoms with Gasteiger partial charge in [-0.2, -0.15) is 8.78 Å². The Bertz CT molecular complexity index is 638. The van der Waals surface area contributed by atoms with Crippen LogP contribution in [0.4, 0.5) is 19.3 Å². The lowest BCUT2D eigenvalue weighted by Crippen LogP contribution is -2.34. The standard InChI is InChI=1S/C17H18F2N2OS/c1-2-21(12-13-8-4-3-5-9-13)17(22)20-14-10-6-7-11-15(14)23-16(18)19/h3-11,16H,2,12H2,1H3,(H,20,22). The SMILES string of the molecule is CCN(Cc1ccccc1)C(=O)Nc1ccccc1SC(F)F. The predicted octanol–water partition coefficient (Wildman–Crippen LogP) is 5.06. The van der Waals surface area contributed by atoms with Crippen molar-refractivity contribution in [1.82, 2.24) is 4.90 Å². The average Bonchev–Trinajstić information content (AvgIpc) is 2.55. The van der Waals surface area contributed by atoms with Crippen LogP contribution in [0.5, 0.6) is 0 Å². The summed E-state index contributed by atoms with van der Waals surface area (Å²) in [4.78, 5) is 14.4. The van der Waals surface area contributed by atoms with Crippen molar-refractivity contribution < 1.29 is 13.6 Å². The molecule has 0 aliphatic carbocycles. The molecule has 2 rings (SSSR count). The Labute approximate surface area is 138 Å². The summed E-state index contributed by atoms with van der Waals surface area (Å²) in [5.41, 5.74) is 1.41. The number of hydrogen-bond donors (Lipinski definition) is 1. The summed E-state index contributed by atoms with van der Waals surface area (Å²) < 4.78 is 25.2. The largest absolute Gasteiger partial charge is 0.322 e. The molecule has 0 aliphatic heterocycles. The van der Waals surface area contributed by atoms with Gasteiger partial charge in [0.1, 0.15) is 0 Å². The van der Waals surface area contributed by atoms with Crippen LogP contribution in [-0.2, 0) is 6.54 Å². The molecule has 0 aliphatic rings. The van der Waals surface area contributed by atoms with Crippen LogP contribution in [0.2, 0.25) is 0 Å². The lowest BCUT2D eigenvalue weighted by Gasteiger charge is -2.22. The molecule has 2 aromatic rings. The zero-order valence-corrected chi connectivity index (χ0v) is 13.5. The van der Waals surface area contributed by atoms with Gasteiger partial charge in [0, 0.05) is 18.0 Å². The van der Waals surface area contributed by atoms with Crippen LogP contribution in [0, 0.1) is 0 Å². The summed E-state index contributed by atoms with van der Waals surface area (Å²) in [5.74, 6) is -2.53. The highest BCUT2D eigenvalue weighted by atomic mass is 32.2. The molecule has 6 heteroatoms. The van der Waals surface area contributed by atoms with Gasteiger partial charge < -0.3 is 10.2 Å². The van der Waals surface area contributed by atoms with Gasteiger partial charge >= 0.3 is 6.03 Å². The molecule has 122 valence electrons. The first-order valence-corrected chi connectivity index (χ1v) is 8.11. The van der Waals surface area contributed by atoms with Gasteiger partial charge in [-0.1, -0.05) is 54.2 Å². The number of rotatable bonds is 6. The van der Waals surface area contributed by atoms with Crippen LogP contribution in [0.3, 0.4) is 0 Å². The van der Waals surface area contributed by atoms with Crippen LogP contribution >= 0.6 is 11.8 Å². The number of nitrogens with one attached hydrogen (secondary N) is 1. The van der Waals surface area contributed by atoms with Gasteiger partial charge in [0.2, 0.25) is 0 Å². The quantitative estimate of drug-likeness (QED) is 0.748. The number of urea groups is 1. The first-order chi connectivity index (χ1) is 11.1. The molecule has 0 atom stereocenters. The number of halogens is 2. The van der Waals surface area contributed by atoms with Gasteiger partial charge in [-0.05, 0) is 24.6 Å². The number of benzene rings is 2. The van der Waals surface area contributed by atoms with Crippen molar-refractivity contribution >= 4 is 23.5 Å². The number of carbonyl (C=O) groups is 1. The van der Waals surface area contributed by atoms with Crippen molar-refractivity contribution in [2.75, 3.05) is 11.9 Å². The minimum absolute atomic E-state index is 0.307. The molecular weight excluding hydrogens is 318 g/mol. The van der Waals surface area contributed by atoms with Crippen LogP contribution in [-0.4, -0.2) is 23.2 Å². The second-order valence-corrected chi connectivity index (χ2v) is 5.84. The molecule has 23 heavy (non-hydrogen) atoms. The van der Waals surface area contributed by atoms with E-state index in [4.69, 9.17) is 0 Å². The zero-order chi connectivity index (χ0) is 16.7. The van der Waals surface area contributed by atoms with E-state index >= 15 is 0 Å². The average molecular weight is 336 g/mol. The summed E-state index contributed by atoms with van der Waals surface area (Å²) in [6, 6.07) is 15.9. The maximum absolute atomic E-state index is 12.6. The molecule has 0 radical (unpaired) electrons. The maximum atomic E-state index is 12.6. The molecule has 2 amide bonds. The summed E-state index contributed by atoms with van der Waals surface area (Å²) in [7, 11) is 0. The van der Waals surface area contributed by atoms with Crippen molar-refractivity contribution in [2.45, 2.75) is 24.1 Å². The van der Waals surface area contributed by atoms with Crippen molar-refractivity contribution in [3.8, 4) is 0 Å². The van der Waals surface area contributed by atoms with Crippen molar-refractivity contribution in [2.24, 2.45) is 0 Å². The number of carbonyl (C=O) groups excluding carboxylic acids is 1. The van der Waals surface area contributed by atoms with E-state index in [1.54, 1.807) is 29.2 Å². The molecule has 0 spiro atoms. The summed E-state index contributed by atoms with van der Waals surface area (Å²) in [6.45, 7) is 2.86. The van der Waals surface area contributed by atoms with Crippen molar-refractivity contribution in [1.29, 1.82) is 0 Å². The fraction of sp³-hybridized carbons (Fsp3) is 0.235. The molecule has 3 nitrogen and oxygen atoms in total. The minimum atomic E-state index is -2.53. The Hall–Kier alpha value is -2.08. The third kappa shape index (κ3) is 5.25. The van der Waals surface area contributed by atoms with Crippen molar-refractivity contribution in [3.05, 3.63) is 60.2 Å². The Kier molecular flexibility index (Phi) is 6.40. The fourth-order valence-electron chi connectivity index (χ4n) is 2.09. The smallest absolute Gasteiger partial charge is 0.320 e. The van der Waals surface area contributed by atoms with Crippen LogP contribution < -0.4 is 5.32 Å². The second kappa shape index (κ2) is 8.53. The highest BCUT2D eigenvalue weighted by Crippen LogP contribution is 2.31. The summed E-state index contributed by atoms with van der Waals surface area (Å²) in [6.07, 6.45) is 0. The normalized spacial score (nSPS) is 10.6. The number of para-hydroxylation sites is 1. The van der Waals surface area contributed by atoms with Crippen LogP contribution in [0.1, 0.15) is 12.5 Å². The van der Waals surface area contributed by atoms with E-state index in [-0.39, 0.29) is 6.03 Å². The maximum Gasteiger partial charge on any atom is 0.322 e. The number of amides is 2. The highest BCUT2D eigenvalue weighted by molar-refractivity contribution is 7.99. The van der Waals surface area contributed by atoms with Crippen molar-refractivity contribution in [3.63, 3.8) is 0 Å². The number of hydrogen-bond acceptors (Lipinski definition) is 2. The second-order valence-electron chi connectivity index (χ2n) is 4.80. The number of nitrogens with zero attached hydrogens (tertiary/aromatic N) is 1. The van der Waals surface area contributed by atoms with Gasteiger partial charge in [-0.15, -0.1) is 0 Å². The van der Waals surface area contributed by atoms with Gasteiger partial charge in [0.25, 0.3) is 5.76 Å². The van der Waals surface area contributed by atoms with E-state index in [9.17, 15) is 13.6 Å². The molecule has 2 aromatic carbocycles. The van der Waals surface area contributed by atoms with E-state index in [0.29, 0.717) is 35.4 Å². The third-order valence-electron chi connectivity index (χ3n) is 3.23.